The van der Waals surface area contributed by atoms with Crippen LogP contribution in [-0.4, -0.2) is 60.7 Å². The molecule has 1 aromatic carbocycles. The number of carboxylic acid groups (broad SMARTS) is 1. The van der Waals surface area contributed by atoms with Crippen LogP contribution in [0.4, 0.5) is 16.4 Å². The number of thiazole rings is 1. The minimum atomic E-state index is -4.45. The van der Waals surface area contributed by atoms with Gasteiger partial charge in [-0.05, 0) is 31.4 Å². The van der Waals surface area contributed by atoms with Crippen molar-refractivity contribution in [1.29, 1.82) is 0 Å². The summed E-state index contributed by atoms with van der Waals surface area (Å²) in [6.07, 6.45) is 1.29. The lowest BCUT2D eigenvalue weighted by Gasteiger charge is -2.40. The molecule has 0 radical (unpaired) electrons. The summed E-state index contributed by atoms with van der Waals surface area (Å²) in [5.74, 6) is 0.256. The van der Waals surface area contributed by atoms with Crippen LogP contribution < -0.4 is 9.21 Å². The molecule has 186 valence electrons. The number of pyridine rings is 1. The Morgan fingerprint density at radius 2 is 1.91 bits per heavy atom. The second-order valence-electron chi connectivity index (χ2n) is 8.34. The van der Waals surface area contributed by atoms with Crippen LogP contribution >= 0.6 is 22.9 Å². The van der Waals surface area contributed by atoms with Gasteiger partial charge >= 0.3 is 6.09 Å². The average molecular weight is 536 g/mol. The third-order valence-corrected chi connectivity index (χ3v) is 8.84. The molecule has 1 unspecified atom stereocenters. The molecule has 0 aliphatic carbocycles. The summed E-state index contributed by atoms with van der Waals surface area (Å²) < 4.78 is 26.3. The molecule has 1 aliphatic heterocycles. The van der Waals surface area contributed by atoms with Crippen molar-refractivity contribution < 1.29 is 18.3 Å². The molecule has 4 rings (SSSR count). The van der Waals surface area contributed by atoms with Gasteiger partial charge in [-0.3, -0.25) is 4.90 Å². The van der Waals surface area contributed by atoms with Crippen molar-refractivity contribution in [1.82, 2.24) is 14.9 Å². The zero-order valence-corrected chi connectivity index (χ0v) is 21.7. The van der Waals surface area contributed by atoms with E-state index in [9.17, 15) is 18.3 Å². The molecular formula is C23H26ClN5O4S2. The highest BCUT2D eigenvalue weighted by molar-refractivity contribution is 7.93. The van der Waals surface area contributed by atoms with E-state index in [0.717, 1.165) is 43.5 Å². The molecule has 0 saturated carbocycles. The first-order valence-electron chi connectivity index (χ1n) is 11.0. The molecule has 35 heavy (non-hydrogen) atoms. The lowest BCUT2D eigenvalue weighted by atomic mass is 9.99. The van der Waals surface area contributed by atoms with Gasteiger partial charge in [0, 0.05) is 43.8 Å². The van der Waals surface area contributed by atoms with E-state index in [-0.39, 0.29) is 26.1 Å². The molecule has 0 bridgehead atoms. The number of rotatable bonds is 7. The summed E-state index contributed by atoms with van der Waals surface area (Å²) in [4.78, 5) is 23.9. The molecule has 1 aliphatic rings. The maximum atomic E-state index is 13.0. The third-order valence-electron chi connectivity index (χ3n) is 6.35. The van der Waals surface area contributed by atoms with Gasteiger partial charge in [0.15, 0.2) is 5.82 Å². The van der Waals surface area contributed by atoms with Crippen molar-refractivity contribution in [3.63, 3.8) is 0 Å². The quantitative estimate of drug-likeness (QED) is 0.463. The van der Waals surface area contributed by atoms with Gasteiger partial charge in [0.2, 0.25) is 0 Å². The van der Waals surface area contributed by atoms with Gasteiger partial charge < -0.3 is 10.0 Å². The highest BCUT2D eigenvalue weighted by atomic mass is 35.5. The number of amides is 1. The second-order valence-corrected chi connectivity index (χ2v) is 11.3. The molecule has 2 aromatic heterocycles. The van der Waals surface area contributed by atoms with Crippen LogP contribution in [0, 0.1) is 0 Å². The topological polar surface area (TPSA) is 107 Å². The standard InChI is InChI=1S/C23H26ClN5O4S2/c1-16(17-6-4-3-5-7-17)28-10-8-18(9-11-28)27(2)22-20(24)12-19(13-25-22)35(32,33)29(23(30)31)21-14-34-15-26-21/h3-7,12-16,18H,8-11H2,1-2H3,(H,30,31). The SMILES string of the molecule is CC(c1ccccc1)N1CCC(N(C)c2ncc(S(=O)(=O)N(C(=O)O)c3cscn3)cc2Cl)CC1. The van der Waals surface area contributed by atoms with Crippen molar-refractivity contribution in [2.24, 2.45) is 0 Å². The number of carbonyl (C=O) groups is 1. The zero-order chi connectivity index (χ0) is 25.2. The lowest BCUT2D eigenvalue weighted by molar-refractivity contribution is 0.161. The normalized spacial score (nSPS) is 16.1. The molecule has 1 atom stereocenters. The van der Waals surface area contributed by atoms with Gasteiger partial charge in [-0.25, -0.2) is 23.2 Å². The second kappa shape index (κ2) is 10.5. The highest BCUT2D eigenvalue weighted by Gasteiger charge is 2.34. The first-order valence-corrected chi connectivity index (χ1v) is 13.8. The van der Waals surface area contributed by atoms with Crippen LogP contribution in [0.25, 0.3) is 0 Å². The summed E-state index contributed by atoms with van der Waals surface area (Å²) in [5.41, 5.74) is 2.64. The van der Waals surface area contributed by atoms with Gasteiger partial charge in [-0.2, -0.15) is 0 Å². The zero-order valence-electron chi connectivity index (χ0n) is 19.3. The number of piperidine rings is 1. The summed E-state index contributed by atoms with van der Waals surface area (Å²) in [6, 6.07) is 12.2. The fraction of sp³-hybridized carbons (Fsp3) is 0.348. The van der Waals surface area contributed by atoms with Gasteiger partial charge in [-0.1, -0.05) is 41.9 Å². The fourth-order valence-corrected chi connectivity index (χ4v) is 6.49. The predicted octanol–water partition coefficient (Wildman–Crippen LogP) is 4.73. The van der Waals surface area contributed by atoms with Crippen molar-refractivity contribution >= 4 is 50.7 Å². The molecule has 9 nitrogen and oxygen atoms in total. The summed E-state index contributed by atoms with van der Waals surface area (Å²) in [6.45, 7) is 4.04. The van der Waals surface area contributed by atoms with Crippen LogP contribution in [0.15, 0.2) is 58.4 Å². The van der Waals surface area contributed by atoms with E-state index in [4.69, 9.17) is 11.6 Å². The summed E-state index contributed by atoms with van der Waals surface area (Å²) in [7, 11) is -2.56. The maximum absolute atomic E-state index is 13.0. The Morgan fingerprint density at radius 3 is 2.49 bits per heavy atom. The van der Waals surface area contributed by atoms with Gasteiger partial charge in [0.05, 0.1) is 10.5 Å². The van der Waals surface area contributed by atoms with Gasteiger partial charge in [0.25, 0.3) is 10.0 Å². The molecular weight excluding hydrogens is 510 g/mol. The van der Waals surface area contributed by atoms with Crippen LogP contribution in [0.3, 0.4) is 0 Å². The Kier molecular flexibility index (Phi) is 7.60. The highest BCUT2D eigenvalue weighted by Crippen LogP contribution is 2.32. The Morgan fingerprint density at radius 1 is 1.23 bits per heavy atom. The number of sulfonamides is 1. The average Bonchev–Trinajstić information content (AvgIpc) is 3.37. The van der Waals surface area contributed by atoms with E-state index >= 15 is 0 Å². The summed E-state index contributed by atoms with van der Waals surface area (Å²) >= 11 is 7.55. The molecule has 1 fully saturated rings. The Balaban J connectivity index is 1.47. The number of anilines is 2. The van der Waals surface area contributed by atoms with Crippen LogP contribution in [-0.2, 0) is 10.0 Å². The molecule has 1 saturated heterocycles. The van der Waals surface area contributed by atoms with E-state index in [1.807, 2.05) is 18.0 Å². The minimum Gasteiger partial charge on any atom is -0.464 e. The number of hydrogen-bond acceptors (Lipinski definition) is 8. The van der Waals surface area contributed by atoms with E-state index in [1.165, 1.54) is 22.5 Å². The number of nitrogens with zero attached hydrogens (tertiary/aromatic N) is 5. The predicted molar refractivity (Wildman–Crippen MR) is 137 cm³/mol. The number of hydrogen-bond donors (Lipinski definition) is 1. The largest absolute Gasteiger partial charge is 0.464 e. The molecule has 12 heteroatoms. The van der Waals surface area contributed by atoms with Crippen molar-refractivity contribution in [2.45, 2.75) is 36.7 Å². The van der Waals surface area contributed by atoms with E-state index in [1.54, 1.807) is 0 Å². The number of halogens is 1. The smallest absolute Gasteiger partial charge is 0.427 e. The number of aromatic nitrogens is 2. The Hall–Kier alpha value is -2.73. The number of benzene rings is 1. The first kappa shape index (κ1) is 25.4. The summed E-state index contributed by atoms with van der Waals surface area (Å²) in [5, 5.41) is 11.0. The van der Waals surface area contributed by atoms with Crippen LogP contribution in [0.1, 0.15) is 31.4 Å². The molecule has 3 aromatic rings. The Bertz CT molecular complexity index is 1270. The molecule has 1 N–H and O–H groups in total. The molecule has 0 spiro atoms. The Labute approximate surface area is 213 Å². The van der Waals surface area contributed by atoms with Crippen LogP contribution in [0.2, 0.25) is 5.02 Å². The molecule has 1 amide bonds. The van der Waals surface area contributed by atoms with E-state index < -0.39 is 16.1 Å². The van der Waals surface area contributed by atoms with E-state index in [0.29, 0.717) is 11.9 Å². The third kappa shape index (κ3) is 5.27. The number of likely N-dealkylation sites (tertiary alicyclic amines) is 1. The van der Waals surface area contributed by atoms with Crippen molar-refractivity contribution in [2.75, 3.05) is 29.3 Å². The monoisotopic (exact) mass is 535 g/mol. The van der Waals surface area contributed by atoms with Gasteiger partial charge in [-0.15, -0.1) is 15.6 Å². The van der Waals surface area contributed by atoms with Gasteiger partial charge in [0.1, 0.15) is 10.7 Å². The van der Waals surface area contributed by atoms with Crippen molar-refractivity contribution in [3.05, 3.63) is 64.1 Å². The fourth-order valence-electron chi connectivity index (χ4n) is 4.33. The lowest BCUT2D eigenvalue weighted by Crippen LogP contribution is -2.44. The van der Waals surface area contributed by atoms with E-state index in [2.05, 4.69) is 46.1 Å². The van der Waals surface area contributed by atoms with Crippen LogP contribution in [0.5, 0.6) is 0 Å². The first-order chi connectivity index (χ1) is 16.7. The van der Waals surface area contributed by atoms with Crippen molar-refractivity contribution in [3.8, 4) is 0 Å². The maximum Gasteiger partial charge on any atom is 0.427 e. The molecule has 3 heterocycles. The minimum absolute atomic E-state index is 0.136.